The molecule has 0 saturated carbocycles. The molecule has 4 N–H and O–H groups in total. The van der Waals surface area contributed by atoms with Gasteiger partial charge in [-0.25, -0.2) is 0 Å². The number of aliphatic hydroxyl groups is 1. The molecule has 0 aliphatic heterocycles. The van der Waals surface area contributed by atoms with Gasteiger partial charge < -0.3 is 16.2 Å². The van der Waals surface area contributed by atoms with E-state index in [1.165, 1.54) is 11.1 Å². The fourth-order valence-corrected chi connectivity index (χ4v) is 3.25. The van der Waals surface area contributed by atoms with E-state index in [1.807, 2.05) is 6.92 Å². The molecule has 0 fully saturated rings. The average Bonchev–Trinajstić information content (AvgIpc) is 2.37. The monoisotopic (exact) mass is 262 g/mol. The third-order valence-electron chi connectivity index (χ3n) is 4.16. The van der Waals surface area contributed by atoms with Gasteiger partial charge in [0, 0.05) is 18.1 Å². The van der Waals surface area contributed by atoms with E-state index in [4.69, 9.17) is 5.73 Å². The molecule has 0 spiro atoms. The van der Waals surface area contributed by atoms with Crippen molar-refractivity contribution in [3.05, 3.63) is 35.4 Å². The van der Waals surface area contributed by atoms with Gasteiger partial charge in [-0.3, -0.25) is 0 Å². The fourth-order valence-electron chi connectivity index (χ4n) is 3.25. The van der Waals surface area contributed by atoms with Gasteiger partial charge in [-0.1, -0.05) is 24.3 Å². The molecule has 106 valence electrons. The van der Waals surface area contributed by atoms with E-state index < -0.39 is 0 Å². The fraction of sp³-hybridized carbons (Fsp3) is 0.625. The normalized spacial score (nSPS) is 25.7. The van der Waals surface area contributed by atoms with E-state index >= 15 is 0 Å². The van der Waals surface area contributed by atoms with Crippen molar-refractivity contribution >= 4 is 0 Å². The molecule has 0 aromatic heterocycles. The zero-order valence-electron chi connectivity index (χ0n) is 12.0. The van der Waals surface area contributed by atoms with Crippen LogP contribution in [0.15, 0.2) is 24.3 Å². The van der Waals surface area contributed by atoms with E-state index in [0.717, 1.165) is 25.7 Å². The maximum atomic E-state index is 9.50. The van der Waals surface area contributed by atoms with Gasteiger partial charge in [0.25, 0.3) is 0 Å². The highest BCUT2D eigenvalue weighted by molar-refractivity contribution is 5.32. The van der Waals surface area contributed by atoms with Crippen molar-refractivity contribution in [1.82, 2.24) is 5.32 Å². The Kier molecular flexibility index (Phi) is 4.61. The summed E-state index contributed by atoms with van der Waals surface area (Å²) in [6.07, 6.45) is 3.65. The lowest BCUT2D eigenvalue weighted by molar-refractivity contribution is 0.155. The van der Waals surface area contributed by atoms with Crippen molar-refractivity contribution in [2.45, 2.75) is 57.2 Å². The maximum Gasteiger partial charge on any atom is 0.0526 e. The van der Waals surface area contributed by atoms with Crippen molar-refractivity contribution < 1.29 is 5.11 Å². The minimum absolute atomic E-state index is 0.0112. The SMILES string of the molecule is CC(O)CC(C)NC1(CN)CCc2ccccc2C1. The first-order valence-electron chi connectivity index (χ1n) is 7.27. The zero-order chi connectivity index (χ0) is 13.9. The molecule has 1 aliphatic carbocycles. The molecule has 3 nitrogen and oxygen atoms in total. The standard InChI is InChI=1S/C16H26N2O/c1-12(9-13(2)19)18-16(11-17)8-7-14-5-3-4-6-15(14)10-16/h3-6,12-13,18-19H,7-11,17H2,1-2H3. The van der Waals surface area contributed by atoms with Gasteiger partial charge in [-0.15, -0.1) is 0 Å². The molecule has 0 radical (unpaired) electrons. The summed E-state index contributed by atoms with van der Waals surface area (Å²) < 4.78 is 0. The van der Waals surface area contributed by atoms with E-state index in [2.05, 4.69) is 36.5 Å². The number of nitrogens with one attached hydrogen (secondary N) is 1. The summed E-state index contributed by atoms with van der Waals surface area (Å²) in [4.78, 5) is 0. The van der Waals surface area contributed by atoms with Crippen molar-refractivity contribution in [1.29, 1.82) is 0 Å². The van der Waals surface area contributed by atoms with Crippen molar-refractivity contribution in [3.8, 4) is 0 Å². The minimum atomic E-state index is -0.270. The number of hydrogen-bond donors (Lipinski definition) is 3. The van der Waals surface area contributed by atoms with E-state index in [-0.39, 0.29) is 17.7 Å². The van der Waals surface area contributed by atoms with Crippen LogP contribution in [0, 0.1) is 0 Å². The Balaban J connectivity index is 2.08. The number of nitrogens with two attached hydrogens (primary N) is 1. The van der Waals surface area contributed by atoms with Gasteiger partial charge in [0.15, 0.2) is 0 Å². The second kappa shape index (κ2) is 6.04. The molecule has 3 atom stereocenters. The average molecular weight is 262 g/mol. The molecule has 0 heterocycles. The second-order valence-electron chi connectivity index (χ2n) is 6.06. The Hall–Kier alpha value is -0.900. The topological polar surface area (TPSA) is 58.3 Å². The summed E-state index contributed by atoms with van der Waals surface area (Å²) >= 11 is 0. The number of benzene rings is 1. The third-order valence-corrected chi connectivity index (χ3v) is 4.16. The molecule has 3 heteroatoms. The van der Waals surface area contributed by atoms with Crippen molar-refractivity contribution in [2.75, 3.05) is 6.54 Å². The van der Waals surface area contributed by atoms with Crippen molar-refractivity contribution in [3.63, 3.8) is 0 Å². The van der Waals surface area contributed by atoms with Crippen LogP contribution in [0.2, 0.25) is 0 Å². The number of rotatable bonds is 5. The van der Waals surface area contributed by atoms with Gasteiger partial charge >= 0.3 is 0 Å². The largest absolute Gasteiger partial charge is 0.393 e. The highest BCUT2D eigenvalue weighted by atomic mass is 16.3. The molecule has 0 saturated heterocycles. The predicted molar refractivity (Wildman–Crippen MR) is 79.1 cm³/mol. The number of fused-ring (bicyclic) bond motifs is 1. The maximum absolute atomic E-state index is 9.50. The first-order valence-corrected chi connectivity index (χ1v) is 7.27. The zero-order valence-corrected chi connectivity index (χ0v) is 12.0. The Morgan fingerprint density at radius 1 is 1.32 bits per heavy atom. The second-order valence-corrected chi connectivity index (χ2v) is 6.06. The Bertz CT molecular complexity index is 419. The molecule has 1 aliphatic rings. The highest BCUT2D eigenvalue weighted by Gasteiger charge is 2.34. The van der Waals surface area contributed by atoms with Crippen LogP contribution >= 0.6 is 0 Å². The first kappa shape index (κ1) is 14.5. The summed E-state index contributed by atoms with van der Waals surface area (Å²) in [7, 11) is 0. The smallest absolute Gasteiger partial charge is 0.0526 e. The highest BCUT2D eigenvalue weighted by Crippen LogP contribution is 2.28. The Morgan fingerprint density at radius 3 is 2.63 bits per heavy atom. The lowest BCUT2D eigenvalue weighted by atomic mass is 9.77. The molecular formula is C16H26N2O. The van der Waals surface area contributed by atoms with Crippen LogP contribution in [-0.4, -0.2) is 29.3 Å². The van der Waals surface area contributed by atoms with Gasteiger partial charge in [-0.05, 0) is 50.7 Å². The number of aryl methyl sites for hydroxylation is 1. The van der Waals surface area contributed by atoms with E-state index in [0.29, 0.717) is 6.54 Å². The van der Waals surface area contributed by atoms with Crippen LogP contribution in [0.3, 0.4) is 0 Å². The predicted octanol–water partition coefficient (Wildman–Crippen LogP) is 1.62. The van der Waals surface area contributed by atoms with Crippen LogP contribution < -0.4 is 11.1 Å². The lowest BCUT2D eigenvalue weighted by Crippen LogP contribution is -2.58. The molecule has 1 aromatic rings. The van der Waals surface area contributed by atoms with Gasteiger partial charge in [-0.2, -0.15) is 0 Å². The number of hydrogen-bond acceptors (Lipinski definition) is 3. The Morgan fingerprint density at radius 2 is 2.00 bits per heavy atom. The molecular weight excluding hydrogens is 236 g/mol. The number of aliphatic hydroxyl groups excluding tert-OH is 1. The van der Waals surface area contributed by atoms with E-state index in [1.54, 1.807) is 0 Å². The summed E-state index contributed by atoms with van der Waals surface area (Å²) in [5.41, 5.74) is 8.91. The molecule has 1 aromatic carbocycles. The quantitative estimate of drug-likeness (QED) is 0.756. The van der Waals surface area contributed by atoms with Crippen LogP contribution in [0.5, 0.6) is 0 Å². The molecule has 3 unspecified atom stereocenters. The van der Waals surface area contributed by atoms with Gasteiger partial charge in [0.2, 0.25) is 0 Å². The summed E-state index contributed by atoms with van der Waals surface area (Å²) in [5.74, 6) is 0. The van der Waals surface area contributed by atoms with Crippen molar-refractivity contribution in [2.24, 2.45) is 5.73 Å². The molecule has 19 heavy (non-hydrogen) atoms. The minimum Gasteiger partial charge on any atom is -0.393 e. The lowest BCUT2D eigenvalue weighted by Gasteiger charge is -2.40. The molecule has 0 amide bonds. The van der Waals surface area contributed by atoms with Gasteiger partial charge in [0.1, 0.15) is 0 Å². The van der Waals surface area contributed by atoms with Gasteiger partial charge in [0.05, 0.1) is 6.10 Å². The van der Waals surface area contributed by atoms with E-state index in [9.17, 15) is 5.11 Å². The van der Waals surface area contributed by atoms with Crippen LogP contribution in [0.4, 0.5) is 0 Å². The summed E-state index contributed by atoms with van der Waals surface area (Å²) in [5, 5.41) is 13.2. The van der Waals surface area contributed by atoms with Crippen LogP contribution in [0.1, 0.15) is 37.8 Å². The Labute approximate surface area is 116 Å². The summed E-state index contributed by atoms with van der Waals surface area (Å²) in [6.45, 7) is 4.61. The summed E-state index contributed by atoms with van der Waals surface area (Å²) in [6, 6.07) is 8.92. The molecule has 0 bridgehead atoms. The van der Waals surface area contributed by atoms with Crippen LogP contribution in [0.25, 0.3) is 0 Å². The first-order chi connectivity index (χ1) is 9.04. The van der Waals surface area contributed by atoms with Crippen LogP contribution in [-0.2, 0) is 12.8 Å². The molecule has 2 rings (SSSR count). The third kappa shape index (κ3) is 3.56.